The molecule has 0 radical (unpaired) electrons. The first kappa shape index (κ1) is 17.5. The van der Waals surface area contributed by atoms with Crippen molar-refractivity contribution in [3.8, 4) is 16.9 Å². The van der Waals surface area contributed by atoms with E-state index in [0.717, 1.165) is 35.5 Å². The molecule has 1 aliphatic rings. The minimum atomic E-state index is -0.440. The summed E-state index contributed by atoms with van der Waals surface area (Å²) in [6, 6.07) is 7.99. The van der Waals surface area contributed by atoms with Crippen LogP contribution >= 0.6 is 0 Å². The zero-order chi connectivity index (χ0) is 18.8. The Morgan fingerprint density at radius 2 is 2.19 bits per heavy atom. The molecule has 140 valence electrons. The fourth-order valence-corrected chi connectivity index (χ4v) is 3.00. The molecule has 1 aromatic carbocycles. The van der Waals surface area contributed by atoms with Gasteiger partial charge in [-0.1, -0.05) is 19.9 Å². The lowest BCUT2D eigenvalue weighted by atomic mass is 10.0. The van der Waals surface area contributed by atoms with E-state index in [0.29, 0.717) is 24.4 Å². The number of pyridine rings is 1. The molecule has 0 fully saturated rings. The molecule has 27 heavy (non-hydrogen) atoms. The van der Waals surface area contributed by atoms with Crippen LogP contribution in [0.25, 0.3) is 22.3 Å². The van der Waals surface area contributed by atoms with Gasteiger partial charge in [0, 0.05) is 30.4 Å². The number of rotatable bonds is 3. The molecule has 0 unspecified atom stereocenters. The highest BCUT2D eigenvalue weighted by atomic mass is 16.5. The molecule has 0 spiro atoms. The lowest BCUT2D eigenvalue weighted by molar-refractivity contribution is 0.135. The van der Waals surface area contributed by atoms with Gasteiger partial charge >= 0.3 is 6.09 Å². The van der Waals surface area contributed by atoms with Crippen molar-refractivity contribution in [2.75, 3.05) is 19.8 Å². The Labute approximate surface area is 157 Å². The third kappa shape index (κ3) is 3.64. The summed E-state index contributed by atoms with van der Waals surface area (Å²) < 4.78 is 12.5. The maximum Gasteiger partial charge on any atom is 0.419 e. The van der Waals surface area contributed by atoms with Gasteiger partial charge in [0.05, 0.1) is 12.1 Å². The number of nitrogens with zero attached hydrogens (tertiary/aromatic N) is 3. The predicted octanol–water partition coefficient (Wildman–Crippen LogP) is 3.22. The average molecular weight is 366 g/mol. The molecular weight excluding hydrogens is 344 g/mol. The van der Waals surface area contributed by atoms with Crippen molar-refractivity contribution in [1.82, 2.24) is 19.9 Å². The molecule has 0 saturated heterocycles. The molecule has 0 saturated carbocycles. The van der Waals surface area contributed by atoms with Gasteiger partial charge in [0.25, 0.3) is 0 Å². The zero-order valence-corrected chi connectivity index (χ0v) is 15.4. The van der Waals surface area contributed by atoms with Crippen molar-refractivity contribution < 1.29 is 14.3 Å². The highest BCUT2D eigenvalue weighted by molar-refractivity contribution is 5.87. The van der Waals surface area contributed by atoms with Gasteiger partial charge < -0.3 is 14.8 Å². The SMILES string of the molecule is CC(C)COC(=O)n1cnc2ncc(-c3ccc4c(c3)CNCCO4)cc21. The van der Waals surface area contributed by atoms with Gasteiger partial charge in [0.2, 0.25) is 0 Å². The van der Waals surface area contributed by atoms with E-state index < -0.39 is 6.09 Å². The minimum absolute atomic E-state index is 0.271. The van der Waals surface area contributed by atoms with Crippen molar-refractivity contribution >= 4 is 17.3 Å². The summed E-state index contributed by atoms with van der Waals surface area (Å²) in [6.07, 6.45) is 2.79. The first-order valence-corrected chi connectivity index (χ1v) is 9.09. The van der Waals surface area contributed by atoms with Gasteiger partial charge in [-0.05, 0) is 29.7 Å². The summed E-state index contributed by atoms with van der Waals surface area (Å²) in [4.78, 5) is 21.0. The fraction of sp³-hybridized carbons (Fsp3) is 0.350. The molecule has 0 aliphatic carbocycles. The summed E-state index contributed by atoms with van der Waals surface area (Å²) in [6.45, 7) is 6.61. The van der Waals surface area contributed by atoms with E-state index in [1.54, 1.807) is 6.20 Å². The topological polar surface area (TPSA) is 78.3 Å². The van der Waals surface area contributed by atoms with Crippen molar-refractivity contribution in [2.24, 2.45) is 5.92 Å². The van der Waals surface area contributed by atoms with E-state index >= 15 is 0 Å². The molecule has 2 aromatic heterocycles. The molecule has 0 bridgehead atoms. The van der Waals surface area contributed by atoms with Crippen LogP contribution in [0.3, 0.4) is 0 Å². The second-order valence-corrected chi connectivity index (χ2v) is 7.00. The molecule has 4 rings (SSSR count). The molecule has 7 heteroatoms. The molecule has 3 heterocycles. The smallest absolute Gasteiger partial charge is 0.419 e. The summed E-state index contributed by atoms with van der Waals surface area (Å²) in [5.41, 5.74) is 4.17. The number of imidazole rings is 1. The minimum Gasteiger partial charge on any atom is -0.492 e. The number of hydrogen-bond donors (Lipinski definition) is 1. The lowest BCUT2D eigenvalue weighted by Gasteiger charge is -2.10. The Morgan fingerprint density at radius 1 is 1.30 bits per heavy atom. The first-order chi connectivity index (χ1) is 13.1. The molecule has 0 atom stereocenters. The Morgan fingerprint density at radius 3 is 3.04 bits per heavy atom. The summed E-state index contributed by atoms with van der Waals surface area (Å²) in [7, 11) is 0. The van der Waals surface area contributed by atoms with E-state index in [1.165, 1.54) is 10.9 Å². The summed E-state index contributed by atoms with van der Waals surface area (Å²) >= 11 is 0. The van der Waals surface area contributed by atoms with E-state index in [4.69, 9.17) is 9.47 Å². The van der Waals surface area contributed by atoms with Crippen molar-refractivity contribution in [3.05, 3.63) is 42.4 Å². The van der Waals surface area contributed by atoms with Gasteiger partial charge in [0.1, 0.15) is 18.7 Å². The summed E-state index contributed by atoms with van der Waals surface area (Å²) in [5, 5.41) is 3.34. The highest BCUT2D eigenvalue weighted by Crippen LogP contribution is 2.29. The van der Waals surface area contributed by atoms with Crippen LogP contribution in [0.5, 0.6) is 5.75 Å². The normalized spacial score (nSPS) is 13.9. The number of fused-ring (bicyclic) bond motifs is 2. The number of benzene rings is 1. The molecular formula is C20H22N4O3. The number of aromatic nitrogens is 3. The zero-order valence-electron chi connectivity index (χ0n) is 15.4. The van der Waals surface area contributed by atoms with E-state index in [-0.39, 0.29) is 5.92 Å². The largest absolute Gasteiger partial charge is 0.492 e. The second-order valence-electron chi connectivity index (χ2n) is 7.00. The Bertz CT molecular complexity index is 981. The Kier molecular flexibility index (Phi) is 4.77. The third-order valence-corrected chi connectivity index (χ3v) is 4.38. The van der Waals surface area contributed by atoms with E-state index in [2.05, 4.69) is 21.4 Å². The molecule has 7 nitrogen and oxygen atoms in total. The van der Waals surface area contributed by atoms with Crippen LogP contribution in [0, 0.1) is 5.92 Å². The number of carbonyl (C=O) groups excluding carboxylic acids is 1. The molecule has 3 aromatic rings. The number of carbonyl (C=O) groups is 1. The predicted molar refractivity (Wildman–Crippen MR) is 102 cm³/mol. The fourth-order valence-electron chi connectivity index (χ4n) is 3.00. The van der Waals surface area contributed by atoms with Crippen LogP contribution in [-0.4, -0.2) is 40.4 Å². The highest BCUT2D eigenvalue weighted by Gasteiger charge is 2.15. The van der Waals surface area contributed by atoms with Gasteiger partial charge in [0.15, 0.2) is 5.65 Å². The number of hydrogen-bond acceptors (Lipinski definition) is 6. The quantitative estimate of drug-likeness (QED) is 0.767. The standard InChI is InChI=1S/C20H22N4O3/c1-13(2)11-27-20(25)24-12-23-19-17(24)8-15(10-22-19)14-3-4-18-16(7-14)9-21-5-6-26-18/h3-4,7-8,10,12-13,21H,5-6,9,11H2,1-2H3. The number of ether oxygens (including phenoxy) is 2. The summed E-state index contributed by atoms with van der Waals surface area (Å²) in [5.74, 6) is 1.17. The van der Waals surface area contributed by atoms with E-state index in [9.17, 15) is 4.79 Å². The van der Waals surface area contributed by atoms with E-state index in [1.807, 2.05) is 32.0 Å². The molecule has 1 aliphatic heterocycles. The van der Waals surface area contributed by atoms with Gasteiger partial charge in [-0.2, -0.15) is 0 Å². The molecule has 0 amide bonds. The Hall–Kier alpha value is -2.93. The van der Waals surface area contributed by atoms with Crippen molar-refractivity contribution in [3.63, 3.8) is 0 Å². The monoisotopic (exact) mass is 366 g/mol. The second kappa shape index (κ2) is 7.36. The van der Waals surface area contributed by atoms with Crippen LogP contribution in [0.15, 0.2) is 36.8 Å². The van der Waals surface area contributed by atoms with Gasteiger partial charge in [-0.3, -0.25) is 0 Å². The maximum atomic E-state index is 12.3. The Balaban J connectivity index is 1.68. The van der Waals surface area contributed by atoms with Gasteiger partial charge in [-0.25, -0.2) is 19.3 Å². The van der Waals surface area contributed by atoms with Crippen LogP contribution in [0.4, 0.5) is 4.79 Å². The lowest BCUT2D eigenvalue weighted by Crippen LogP contribution is -2.16. The van der Waals surface area contributed by atoms with Crippen molar-refractivity contribution in [2.45, 2.75) is 20.4 Å². The molecule has 1 N–H and O–H groups in total. The van der Waals surface area contributed by atoms with Crippen LogP contribution in [0.1, 0.15) is 19.4 Å². The van der Waals surface area contributed by atoms with Crippen LogP contribution in [-0.2, 0) is 11.3 Å². The maximum absolute atomic E-state index is 12.3. The average Bonchev–Trinajstić information content (AvgIpc) is 2.95. The number of nitrogens with one attached hydrogen (secondary N) is 1. The van der Waals surface area contributed by atoms with Crippen molar-refractivity contribution in [1.29, 1.82) is 0 Å². The third-order valence-electron chi connectivity index (χ3n) is 4.38. The van der Waals surface area contributed by atoms with Gasteiger partial charge in [-0.15, -0.1) is 0 Å². The van der Waals surface area contributed by atoms with Crippen LogP contribution in [0.2, 0.25) is 0 Å². The van der Waals surface area contributed by atoms with Crippen LogP contribution < -0.4 is 10.1 Å². The first-order valence-electron chi connectivity index (χ1n) is 9.09.